The van der Waals surface area contributed by atoms with Crippen molar-refractivity contribution in [2.24, 2.45) is 5.73 Å². The number of aromatic nitrogens is 2. The van der Waals surface area contributed by atoms with Gasteiger partial charge in [-0.1, -0.05) is 0 Å². The molecule has 0 saturated heterocycles. The summed E-state index contributed by atoms with van der Waals surface area (Å²) in [6.45, 7) is 0. The van der Waals surface area contributed by atoms with Crippen molar-refractivity contribution in [3.05, 3.63) is 18.6 Å². The largest absolute Gasteiger partial charge is 0.366 e. The maximum absolute atomic E-state index is 5.83. The van der Waals surface area contributed by atoms with Gasteiger partial charge in [-0.15, -0.1) is 12.4 Å². The van der Waals surface area contributed by atoms with Crippen LogP contribution in [0.4, 0.5) is 5.82 Å². The maximum Gasteiger partial charge on any atom is 0.144 e. The summed E-state index contributed by atoms with van der Waals surface area (Å²) in [6.07, 6.45) is 9.64. The molecule has 0 amide bonds. The van der Waals surface area contributed by atoms with E-state index in [0.29, 0.717) is 12.1 Å². The first-order chi connectivity index (χ1) is 6.84. The highest BCUT2D eigenvalue weighted by atomic mass is 35.5. The number of anilines is 1. The summed E-state index contributed by atoms with van der Waals surface area (Å²) in [7, 11) is 0. The Morgan fingerprint density at radius 3 is 2.53 bits per heavy atom. The predicted molar refractivity (Wildman–Crippen MR) is 63.1 cm³/mol. The zero-order valence-electron chi connectivity index (χ0n) is 8.60. The van der Waals surface area contributed by atoms with Gasteiger partial charge in [0, 0.05) is 24.5 Å². The fourth-order valence-corrected chi connectivity index (χ4v) is 1.85. The monoisotopic (exact) mass is 228 g/mol. The summed E-state index contributed by atoms with van der Waals surface area (Å²) in [5, 5.41) is 3.37. The average Bonchev–Trinajstić information content (AvgIpc) is 2.23. The second-order valence-electron chi connectivity index (χ2n) is 3.85. The highest BCUT2D eigenvalue weighted by molar-refractivity contribution is 5.85. The zero-order valence-corrected chi connectivity index (χ0v) is 9.41. The molecular formula is C10H17ClN4. The van der Waals surface area contributed by atoms with E-state index < -0.39 is 0 Å². The van der Waals surface area contributed by atoms with Crippen LogP contribution in [-0.2, 0) is 0 Å². The van der Waals surface area contributed by atoms with Crippen molar-refractivity contribution >= 4 is 18.2 Å². The van der Waals surface area contributed by atoms with Crippen molar-refractivity contribution in [2.45, 2.75) is 37.8 Å². The number of rotatable bonds is 2. The smallest absolute Gasteiger partial charge is 0.144 e. The number of hydrogen-bond acceptors (Lipinski definition) is 4. The van der Waals surface area contributed by atoms with Crippen LogP contribution in [0.2, 0.25) is 0 Å². The van der Waals surface area contributed by atoms with Gasteiger partial charge < -0.3 is 11.1 Å². The molecule has 0 aromatic carbocycles. The lowest BCUT2D eigenvalue weighted by atomic mass is 9.92. The van der Waals surface area contributed by atoms with Gasteiger partial charge in [0.1, 0.15) is 5.82 Å². The maximum atomic E-state index is 5.83. The van der Waals surface area contributed by atoms with Gasteiger partial charge in [-0.2, -0.15) is 0 Å². The van der Waals surface area contributed by atoms with Crippen molar-refractivity contribution < 1.29 is 0 Å². The lowest BCUT2D eigenvalue weighted by Crippen LogP contribution is -2.33. The fraction of sp³-hybridized carbons (Fsp3) is 0.600. The molecule has 0 unspecified atom stereocenters. The Bertz CT molecular complexity index is 272. The molecule has 0 aliphatic heterocycles. The molecule has 1 aliphatic rings. The van der Waals surface area contributed by atoms with Gasteiger partial charge >= 0.3 is 0 Å². The van der Waals surface area contributed by atoms with Crippen LogP contribution < -0.4 is 11.1 Å². The molecule has 1 fully saturated rings. The normalized spacial score (nSPS) is 25.4. The Morgan fingerprint density at radius 2 is 1.93 bits per heavy atom. The second-order valence-corrected chi connectivity index (χ2v) is 3.85. The predicted octanol–water partition coefficient (Wildman–Crippen LogP) is 1.58. The molecule has 1 aromatic rings. The molecule has 1 saturated carbocycles. The van der Waals surface area contributed by atoms with Gasteiger partial charge in [0.2, 0.25) is 0 Å². The Kier molecular flexibility index (Phi) is 4.78. The third-order valence-electron chi connectivity index (χ3n) is 2.69. The van der Waals surface area contributed by atoms with Crippen molar-refractivity contribution in [2.75, 3.05) is 5.32 Å². The third-order valence-corrected chi connectivity index (χ3v) is 2.69. The van der Waals surface area contributed by atoms with E-state index in [1.807, 2.05) is 0 Å². The van der Waals surface area contributed by atoms with Crippen molar-refractivity contribution in [1.82, 2.24) is 9.97 Å². The van der Waals surface area contributed by atoms with E-state index in [0.717, 1.165) is 31.5 Å². The van der Waals surface area contributed by atoms with Crippen LogP contribution in [0, 0.1) is 0 Å². The summed E-state index contributed by atoms with van der Waals surface area (Å²) >= 11 is 0. The van der Waals surface area contributed by atoms with Crippen LogP contribution >= 0.6 is 12.4 Å². The Labute approximate surface area is 96.1 Å². The van der Waals surface area contributed by atoms with Gasteiger partial charge in [-0.25, -0.2) is 4.98 Å². The van der Waals surface area contributed by atoms with Crippen LogP contribution in [0.5, 0.6) is 0 Å². The third kappa shape index (κ3) is 3.64. The number of nitrogens with two attached hydrogens (primary N) is 1. The van der Waals surface area contributed by atoms with Crippen LogP contribution in [0.3, 0.4) is 0 Å². The summed E-state index contributed by atoms with van der Waals surface area (Å²) in [6, 6.07) is 0.918. The van der Waals surface area contributed by atoms with Crippen molar-refractivity contribution in [1.29, 1.82) is 0 Å². The molecule has 84 valence electrons. The van der Waals surface area contributed by atoms with Gasteiger partial charge in [-0.3, -0.25) is 4.98 Å². The minimum absolute atomic E-state index is 0. The fourth-order valence-electron chi connectivity index (χ4n) is 1.85. The van der Waals surface area contributed by atoms with Crippen molar-refractivity contribution in [3.8, 4) is 0 Å². The number of nitrogens with zero attached hydrogens (tertiary/aromatic N) is 2. The van der Waals surface area contributed by atoms with Crippen LogP contribution in [0.25, 0.3) is 0 Å². The molecular weight excluding hydrogens is 212 g/mol. The first kappa shape index (κ1) is 12.2. The van der Waals surface area contributed by atoms with Gasteiger partial charge in [0.15, 0.2) is 0 Å². The Balaban J connectivity index is 0.00000112. The molecule has 0 atom stereocenters. The summed E-state index contributed by atoms with van der Waals surface area (Å²) in [4.78, 5) is 8.20. The molecule has 0 bridgehead atoms. The molecule has 4 nitrogen and oxygen atoms in total. The molecule has 3 N–H and O–H groups in total. The summed E-state index contributed by atoms with van der Waals surface area (Å²) < 4.78 is 0. The number of halogens is 1. The van der Waals surface area contributed by atoms with Crippen molar-refractivity contribution in [3.63, 3.8) is 0 Å². The zero-order chi connectivity index (χ0) is 9.80. The second kappa shape index (κ2) is 5.88. The van der Waals surface area contributed by atoms with Crippen LogP contribution in [-0.4, -0.2) is 22.1 Å². The topological polar surface area (TPSA) is 63.8 Å². The highest BCUT2D eigenvalue weighted by Gasteiger charge is 2.18. The Hall–Kier alpha value is -0.870. The number of hydrogen-bond donors (Lipinski definition) is 2. The molecule has 2 rings (SSSR count). The quantitative estimate of drug-likeness (QED) is 0.807. The van der Waals surface area contributed by atoms with Crippen LogP contribution in [0.1, 0.15) is 25.7 Å². The number of nitrogens with one attached hydrogen (secondary N) is 1. The molecule has 1 aromatic heterocycles. The lowest BCUT2D eigenvalue weighted by Gasteiger charge is -2.26. The van der Waals surface area contributed by atoms with Gasteiger partial charge in [0.05, 0.1) is 6.20 Å². The molecule has 15 heavy (non-hydrogen) atoms. The van der Waals surface area contributed by atoms with E-state index in [9.17, 15) is 0 Å². The molecule has 0 spiro atoms. The molecule has 5 heteroatoms. The van der Waals surface area contributed by atoms with E-state index in [1.54, 1.807) is 18.6 Å². The molecule has 0 radical (unpaired) electrons. The van der Waals surface area contributed by atoms with E-state index in [1.165, 1.54) is 0 Å². The van der Waals surface area contributed by atoms with E-state index in [4.69, 9.17) is 5.73 Å². The lowest BCUT2D eigenvalue weighted by molar-refractivity contribution is 0.410. The molecule has 1 aliphatic carbocycles. The Morgan fingerprint density at radius 1 is 1.20 bits per heavy atom. The standard InChI is InChI=1S/C10H16N4.ClH/c11-8-1-3-9(4-2-8)14-10-7-12-5-6-13-10;/h5-9H,1-4,11H2,(H,13,14);1H. The highest BCUT2D eigenvalue weighted by Crippen LogP contribution is 2.19. The van der Waals surface area contributed by atoms with E-state index in [2.05, 4.69) is 15.3 Å². The SMILES string of the molecule is Cl.NC1CCC(Nc2cnccn2)CC1. The first-order valence-corrected chi connectivity index (χ1v) is 5.13. The average molecular weight is 229 g/mol. The first-order valence-electron chi connectivity index (χ1n) is 5.13. The molecule has 1 heterocycles. The van der Waals surface area contributed by atoms with Crippen LogP contribution in [0.15, 0.2) is 18.6 Å². The minimum atomic E-state index is 0. The minimum Gasteiger partial charge on any atom is -0.366 e. The summed E-state index contributed by atoms with van der Waals surface area (Å²) in [5.41, 5.74) is 5.83. The van der Waals surface area contributed by atoms with E-state index in [-0.39, 0.29) is 12.4 Å². The van der Waals surface area contributed by atoms with Gasteiger partial charge in [-0.05, 0) is 25.7 Å². The summed E-state index contributed by atoms with van der Waals surface area (Å²) in [5.74, 6) is 0.868. The van der Waals surface area contributed by atoms with Gasteiger partial charge in [0.25, 0.3) is 0 Å². The van der Waals surface area contributed by atoms with E-state index >= 15 is 0 Å².